The van der Waals surface area contributed by atoms with Crippen LogP contribution < -0.4 is 0 Å². The lowest BCUT2D eigenvalue weighted by atomic mass is 10.2. The van der Waals surface area contributed by atoms with Gasteiger partial charge in [0.05, 0.1) is 0 Å². The Morgan fingerprint density at radius 2 is 1.65 bits per heavy atom. The van der Waals surface area contributed by atoms with Gasteiger partial charge in [0.25, 0.3) is 9.05 Å². The molecular weight excluding hydrogens is 377 g/mol. The number of aromatic carboxylic acids is 1. The smallest absolute Gasteiger partial charge is 0.352 e. The van der Waals surface area contributed by atoms with Gasteiger partial charge >= 0.3 is 14.2 Å². The molecule has 0 saturated heterocycles. The van der Waals surface area contributed by atoms with E-state index in [1.165, 1.54) is 17.8 Å². The molecule has 0 radical (unpaired) electrons. The molecule has 7 nitrogen and oxygen atoms in total. The summed E-state index contributed by atoms with van der Waals surface area (Å²) < 4.78 is 41.9. The van der Waals surface area contributed by atoms with E-state index in [9.17, 15) is 13.2 Å². The SMILES string of the molecule is CCc1c(S(=O)(=O)Cl)cn(C)c1C(=O)O.O=S(=O)(Cl)Cl. The molecule has 0 aromatic carbocycles. The summed E-state index contributed by atoms with van der Waals surface area (Å²) >= 11 is 0. The summed E-state index contributed by atoms with van der Waals surface area (Å²) in [6.07, 6.45) is 1.51. The highest BCUT2D eigenvalue weighted by molar-refractivity contribution is 8.31. The van der Waals surface area contributed by atoms with Gasteiger partial charge < -0.3 is 9.67 Å². The van der Waals surface area contributed by atoms with E-state index in [1.807, 2.05) is 0 Å². The Morgan fingerprint density at radius 3 is 1.90 bits per heavy atom. The van der Waals surface area contributed by atoms with Crippen LogP contribution in [0.5, 0.6) is 0 Å². The van der Waals surface area contributed by atoms with Crippen LogP contribution in [0.2, 0.25) is 0 Å². The number of nitrogens with zero attached hydrogens (tertiary/aromatic N) is 1. The van der Waals surface area contributed by atoms with Crippen LogP contribution >= 0.6 is 32.0 Å². The molecule has 1 N–H and O–H groups in total. The van der Waals surface area contributed by atoms with Gasteiger partial charge in [0.15, 0.2) is 0 Å². The van der Waals surface area contributed by atoms with Gasteiger partial charge in [-0.3, -0.25) is 0 Å². The highest BCUT2D eigenvalue weighted by Gasteiger charge is 2.24. The van der Waals surface area contributed by atoms with Crippen molar-refractivity contribution >= 4 is 55.3 Å². The van der Waals surface area contributed by atoms with Gasteiger partial charge in [-0.2, -0.15) is 8.42 Å². The first kappa shape index (κ1) is 19.5. The first-order chi connectivity index (χ1) is 8.79. The zero-order valence-electron chi connectivity index (χ0n) is 10.2. The third kappa shape index (κ3) is 6.31. The monoisotopic (exact) mass is 385 g/mol. The number of carboxylic acids is 1. The number of carboxylic acid groups (broad SMARTS) is 1. The van der Waals surface area contributed by atoms with Crippen molar-refractivity contribution in [2.45, 2.75) is 18.2 Å². The highest BCUT2D eigenvalue weighted by Crippen LogP contribution is 2.25. The van der Waals surface area contributed by atoms with Crippen molar-refractivity contribution in [3.05, 3.63) is 17.5 Å². The molecule has 1 aromatic heterocycles. The average Bonchev–Trinajstić information content (AvgIpc) is 2.51. The van der Waals surface area contributed by atoms with Gasteiger partial charge in [-0.1, -0.05) is 6.92 Å². The minimum Gasteiger partial charge on any atom is -0.477 e. The van der Waals surface area contributed by atoms with Crippen molar-refractivity contribution in [2.24, 2.45) is 7.05 Å². The van der Waals surface area contributed by atoms with Crippen LogP contribution in [-0.2, 0) is 30.8 Å². The maximum absolute atomic E-state index is 11.2. The van der Waals surface area contributed by atoms with Crippen molar-refractivity contribution in [3.8, 4) is 0 Å². The maximum Gasteiger partial charge on any atom is 0.352 e. The van der Waals surface area contributed by atoms with Crippen molar-refractivity contribution in [3.63, 3.8) is 0 Å². The first-order valence-electron chi connectivity index (χ1n) is 4.79. The topological polar surface area (TPSA) is 111 Å². The van der Waals surface area contributed by atoms with E-state index in [4.69, 9.17) is 24.2 Å². The summed E-state index contributed by atoms with van der Waals surface area (Å²) in [6, 6.07) is 0. The van der Waals surface area contributed by atoms with E-state index in [2.05, 4.69) is 21.4 Å². The number of hydrogen-bond acceptors (Lipinski definition) is 5. The molecule has 20 heavy (non-hydrogen) atoms. The number of halogens is 3. The molecule has 12 heteroatoms. The first-order valence-corrected chi connectivity index (χ1v) is 10.2. The molecule has 1 rings (SSSR count). The molecule has 0 unspecified atom stereocenters. The minimum absolute atomic E-state index is 0.0447. The predicted octanol–water partition coefficient (Wildman–Crippen LogP) is 1.92. The van der Waals surface area contributed by atoms with E-state index in [0.717, 1.165) is 0 Å². The quantitative estimate of drug-likeness (QED) is 0.795. The second-order valence-corrected chi connectivity index (χ2v) is 9.61. The fourth-order valence-corrected chi connectivity index (χ4v) is 2.70. The van der Waals surface area contributed by atoms with Gasteiger partial charge in [-0.15, -0.1) is 0 Å². The summed E-state index contributed by atoms with van der Waals surface area (Å²) in [5.74, 6) is -1.17. The fourth-order valence-electron chi connectivity index (χ4n) is 1.48. The number of aromatic nitrogens is 1. The average molecular weight is 387 g/mol. The van der Waals surface area contributed by atoms with Crippen molar-refractivity contribution in [1.82, 2.24) is 4.57 Å². The highest BCUT2D eigenvalue weighted by atomic mass is 36.0. The van der Waals surface area contributed by atoms with Gasteiger partial charge in [0.2, 0.25) is 0 Å². The molecule has 0 aliphatic heterocycles. The largest absolute Gasteiger partial charge is 0.477 e. The standard InChI is InChI=1S/C8H10ClNO4S.Cl2O2S/c1-3-5-6(15(9,13)14)4-10(2)7(5)8(11)12;1-5(2,3)4/h4H,3H2,1-2H3,(H,11,12);. The molecular formula is C8H10Cl3NO6S2. The lowest BCUT2D eigenvalue weighted by Gasteiger charge is -2.00. The normalized spacial score (nSPS) is 11.7. The number of carbonyl (C=O) groups is 1. The van der Waals surface area contributed by atoms with E-state index >= 15 is 0 Å². The van der Waals surface area contributed by atoms with Crippen LogP contribution in [0, 0.1) is 0 Å². The summed E-state index contributed by atoms with van der Waals surface area (Å²) in [7, 11) is 7.59. The molecule has 0 saturated carbocycles. The van der Waals surface area contributed by atoms with Gasteiger partial charge in [-0.25, -0.2) is 13.2 Å². The Bertz CT molecular complexity index is 699. The summed E-state index contributed by atoms with van der Waals surface area (Å²) in [5, 5.41) is 8.90. The Hall–Kier alpha value is -0.480. The number of hydrogen-bond donors (Lipinski definition) is 1. The molecule has 0 bridgehead atoms. The maximum atomic E-state index is 11.2. The Balaban J connectivity index is 0.000000621. The summed E-state index contributed by atoms with van der Waals surface area (Å²) in [6.45, 7) is 1.67. The van der Waals surface area contributed by atoms with Gasteiger partial charge in [0.1, 0.15) is 10.6 Å². The number of rotatable bonds is 3. The molecule has 0 aliphatic carbocycles. The van der Waals surface area contributed by atoms with Crippen LogP contribution in [-0.4, -0.2) is 32.5 Å². The lowest BCUT2D eigenvalue weighted by molar-refractivity contribution is 0.0685. The van der Waals surface area contributed by atoms with Gasteiger partial charge in [-0.05, 0) is 6.42 Å². The predicted molar refractivity (Wildman–Crippen MR) is 75.4 cm³/mol. The zero-order valence-corrected chi connectivity index (χ0v) is 14.1. The Morgan fingerprint density at radius 1 is 1.25 bits per heavy atom. The van der Waals surface area contributed by atoms with Crippen molar-refractivity contribution in [2.75, 3.05) is 0 Å². The van der Waals surface area contributed by atoms with Crippen LogP contribution in [0.3, 0.4) is 0 Å². The lowest BCUT2D eigenvalue weighted by Crippen LogP contribution is -2.06. The summed E-state index contributed by atoms with van der Waals surface area (Å²) in [4.78, 5) is 10.8. The van der Waals surface area contributed by atoms with E-state index in [1.54, 1.807) is 6.92 Å². The van der Waals surface area contributed by atoms with E-state index in [0.29, 0.717) is 6.42 Å². The Kier molecular flexibility index (Phi) is 6.82. The number of aryl methyl sites for hydroxylation is 1. The second-order valence-electron chi connectivity index (χ2n) is 3.41. The van der Waals surface area contributed by atoms with Crippen LogP contribution in [0.4, 0.5) is 0 Å². The molecule has 1 aromatic rings. The van der Waals surface area contributed by atoms with Crippen molar-refractivity contribution in [1.29, 1.82) is 0 Å². The van der Waals surface area contributed by atoms with Crippen molar-refractivity contribution < 1.29 is 26.7 Å². The molecule has 0 aliphatic rings. The third-order valence-electron chi connectivity index (χ3n) is 2.07. The zero-order chi connectivity index (χ0) is 16.3. The van der Waals surface area contributed by atoms with Crippen LogP contribution in [0.1, 0.15) is 23.0 Å². The molecule has 1 heterocycles. The Labute approximate surface area is 129 Å². The van der Waals surface area contributed by atoms with E-state index in [-0.39, 0.29) is 16.2 Å². The molecule has 0 spiro atoms. The van der Waals surface area contributed by atoms with Gasteiger partial charge in [0, 0.05) is 50.9 Å². The fraction of sp³-hybridized carbons (Fsp3) is 0.375. The third-order valence-corrected chi connectivity index (χ3v) is 3.44. The minimum atomic E-state index is -3.89. The molecule has 0 fully saturated rings. The summed E-state index contributed by atoms with van der Waals surface area (Å²) in [5.41, 5.74) is 0.191. The second kappa shape index (κ2) is 6.99. The van der Waals surface area contributed by atoms with E-state index < -0.39 is 23.3 Å². The molecule has 0 atom stereocenters. The van der Waals surface area contributed by atoms with Crippen LogP contribution in [0.25, 0.3) is 0 Å². The molecule has 0 amide bonds. The molecule has 116 valence electrons. The van der Waals surface area contributed by atoms with Crippen LogP contribution in [0.15, 0.2) is 11.1 Å².